The van der Waals surface area contributed by atoms with Gasteiger partial charge in [-0.3, -0.25) is 10.1 Å². The quantitative estimate of drug-likeness (QED) is 0.679. The summed E-state index contributed by atoms with van der Waals surface area (Å²) in [6, 6.07) is 8.59. The first-order valence-corrected chi connectivity index (χ1v) is 6.41. The van der Waals surface area contributed by atoms with Gasteiger partial charge in [0.15, 0.2) is 11.6 Å². The van der Waals surface area contributed by atoms with Gasteiger partial charge < -0.3 is 10.5 Å². The van der Waals surface area contributed by atoms with Crippen molar-refractivity contribution in [3.63, 3.8) is 0 Å². The summed E-state index contributed by atoms with van der Waals surface area (Å²) in [5, 5.41) is 10.9. The van der Waals surface area contributed by atoms with E-state index in [1.807, 2.05) is 0 Å². The van der Waals surface area contributed by atoms with Crippen LogP contribution in [0.15, 0.2) is 40.9 Å². The third kappa shape index (κ3) is 2.94. The second kappa shape index (κ2) is 5.98. The van der Waals surface area contributed by atoms with E-state index >= 15 is 0 Å². The lowest BCUT2D eigenvalue weighted by Gasteiger charge is -2.09. The van der Waals surface area contributed by atoms with Crippen LogP contribution in [-0.4, -0.2) is 4.92 Å². The summed E-state index contributed by atoms with van der Waals surface area (Å²) in [7, 11) is 0. The lowest BCUT2D eigenvalue weighted by molar-refractivity contribution is -0.385. The molecule has 0 bridgehead atoms. The Balaban J connectivity index is 2.42. The smallest absolute Gasteiger partial charge is 0.312 e. The molecular formula is C13H10BrFN2O3. The Morgan fingerprint density at radius 1 is 1.35 bits per heavy atom. The van der Waals surface area contributed by atoms with Gasteiger partial charge in [0.05, 0.1) is 9.40 Å². The third-order valence-electron chi connectivity index (χ3n) is 2.59. The van der Waals surface area contributed by atoms with Gasteiger partial charge in [-0.15, -0.1) is 0 Å². The highest BCUT2D eigenvalue weighted by Crippen LogP contribution is 2.38. The van der Waals surface area contributed by atoms with Crippen LogP contribution in [0, 0.1) is 15.9 Å². The van der Waals surface area contributed by atoms with E-state index in [1.165, 1.54) is 24.3 Å². The minimum atomic E-state index is -0.627. The second-order valence-corrected chi connectivity index (χ2v) is 4.77. The molecule has 0 amide bonds. The molecule has 2 N–H and O–H groups in total. The molecule has 0 unspecified atom stereocenters. The van der Waals surface area contributed by atoms with Gasteiger partial charge in [-0.05, 0) is 39.7 Å². The van der Waals surface area contributed by atoms with Crippen LogP contribution in [0.2, 0.25) is 0 Å². The predicted molar refractivity (Wildman–Crippen MR) is 75.2 cm³/mol. The average Bonchev–Trinajstić information content (AvgIpc) is 2.42. The Morgan fingerprint density at radius 2 is 2.10 bits per heavy atom. The van der Waals surface area contributed by atoms with E-state index in [1.54, 1.807) is 12.1 Å². The van der Waals surface area contributed by atoms with Crippen molar-refractivity contribution in [3.8, 4) is 11.5 Å². The van der Waals surface area contributed by atoms with E-state index < -0.39 is 10.7 Å². The molecule has 0 aliphatic heterocycles. The van der Waals surface area contributed by atoms with Crippen molar-refractivity contribution in [2.45, 2.75) is 6.54 Å². The molecule has 5 nitrogen and oxygen atoms in total. The summed E-state index contributed by atoms with van der Waals surface area (Å²) in [6.07, 6.45) is 0. The number of nitro benzene ring substituents is 1. The molecule has 0 aromatic heterocycles. The first-order valence-electron chi connectivity index (χ1n) is 5.62. The summed E-state index contributed by atoms with van der Waals surface area (Å²) in [4.78, 5) is 10.4. The Kier molecular flexibility index (Phi) is 4.31. The number of nitro groups is 1. The molecule has 0 aliphatic carbocycles. The maximum atomic E-state index is 13.8. The zero-order chi connectivity index (χ0) is 14.7. The number of hydrogen-bond acceptors (Lipinski definition) is 4. The van der Waals surface area contributed by atoms with Crippen molar-refractivity contribution >= 4 is 21.6 Å². The van der Waals surface area contributed by atoms with E-state index in [-0.39, 0.29) is 23.7 Å². The molecule has 0 saturated carbocycles. The zero-order valence-electron chi connectivity index (χ0n) is 10.2. The van der Waals surface area contributed by atoms with E-state index in [0.29, 0.717) is 10.0 Å². The van der Waals surface area contributed by atoms with Gasteiger partial charge in [-0.25, -0.2) is 4.39 Å². The molecule has 0 aliphatic rings. The van der Waals surface area contributed by atoms with Gasteiger partial charge >= 0.3 is 5.69 Å². The fourth-order valence-electron chi connectivity index (χ4n) is 1.61. The molecule has 0 spiro atoms. The molecule has 20 heavy (non-hydrogen) atoms. The Morgan fingerprint density at radius 3 is 2.70 bits per heavy atom. The van der Waals surface area contributed by atoms with E-state index in [2.05, 4.69) is 15.9 Å². The fraction of sp³-hybridized carbons (Fsp3) is 0.0769. The zero-order valence-corrected chi connectivity index (χ0v) is 11.8. The van der Waals surface area contributed by atoms with Crippen molar-refractivity contribution in [3.05, 3.63) is 62.4 Å². The van der Waals surface area contributed by atoms with Gasteiger partial charge in [0.2, 0.25) is 5.75 Å². The third-order valence-corrected chi connectivity index (χ3v) is 3.21. The Labute approximate surface area is 122 Å². The van der Waals surface area contributed by atoms with Crippen LogP contribution in [0.3, 0.4) is 0 Å². The molecule has 0 atom stereocenters. The summed E-state index contributed by atoms with van der Waals surface area (Å²) in [5.74, 6) is -0.771. The number of nitrogens with two attached hydrogens (primary N) is 1. The molecule has 104 valence electrons. The maximum absolute atomic E-state index is 13.8. The maximum Gasteiger partial charge on any atom is 0.312 e. The summed E-state index contributed by atoms with van der Waals surface area (Å²) in [5.41, 5.74) is 5.76. The van der Waals surface area contributed by atoms with Gasteiger partial charge in [0.25, 0.3) is 0 Å². The van der Waals surface area contributed by atoms with Crippen molar-refractivity contribution < 1.29 is 14.1 Å². The van der Waals surface area contributed by atoms with Crippen LogP contribution >= 0.6 is 15.9 Å². The van der Waals surface area contributed by atoms with Crippen LogP contribution in [0.1, 0.15) is 5.56 Å². The summed E-state index contributed by atoms with van der Waals surface area (Å²) in [6.45, 7) is 0.201. The highest BCUT2D eigenvalue weighted by molar-refractivity contribution is 9.10. The van der Waals surface area contributed by atoms with Crippen molar-refractivity contribution in [2.75, 3.05) is 0 Å². The molecule has 2 aromatic rings. The summed E-state index contributed by atoms with van der Waals surface area (Å²) < 4.78 is 19.5. The lowest BCUT2D eigenvalue weighted by atomic mass is 10.2. The number of benzene rings is 2. The van der Waals surface area contributed by atoms with Gasteiger partial charge in [0.1, 0.15) is 0 Å². The van der Waals surface area contributed by atoms with Gasteiger partial charge in [-0.2, -0.15) is 0 Å². The number of hydrogen-bond donors (Lipinski definition) is 1. The lowest BCUT2D eigenvalue weighted by Crippen LogP contribution is -1.99. The SMILES string of the molecule is NCc1ccc(Oc2c(Br)cccc2[N+](=O)[O-])c(F)c1. The molecule has 0 heterocycles. The molecule has 0 fully saturated rings. The second-order valence-electron chi connectivity index (χ2n) is 3.92. The fourth-order valence-corrected chi connectivity index (χ4v) is 2.04. The molecule has 2 aromatic carbocycles. The van der Waals surface area contributed by atoms with Crippen molar-refractivity contribution in [1.82, 2.24) is 0 Å². The molecule has 0 saturated heterocycles. The van der Waals surface area contributed by atoms with Gasteiger partial charge in [-0.1, -0.05) is 12.1 Å². The van der Waals surface area contributed by atoms with Crippen molar-refractivity contribution in [1.29, 1.82) is 0 Å². The normalized spacial score (nSPS) is 10.3. The standard InChI is InChI=1S/C13H10BrFN2O3/c14-9-2-1-3-11(17(18)19)13(9)20-12-5-4-8(7-16)6-10(12)15/h1-6H,7,16H2. The minimum Gasteiger partial charge on any atom is -0.446 e. The molecule has 2 rings (SSSR count). The highest BCUT2D eigenvalue weighted by atomic mass is 79.9. The predicted octanol–water partition coefficient (Wildman–Crippen LogP) is 3.75. The van der Waals surface area contributed by atoms with Gasteiger partial charge in [0, 0.05) is 12.6 Å². The highest BCUT2D eigenvalue weighted by Gasteiger charge is 2.20. The van der Waals surface area contributed by atoms with Crippen LogP contribution < -0.4 is 10.5 Å². The molecule has 0 radical (unpaired) electrons. The summed E-state index contributed by atoms with van der Waals surface area (Å²) >= 11 is 3.15. The first-order chi connectivity index (χ1) is 9.52. The number of halogens is 2. The van der Waals surface area contributed by atoms with Crippen molar-refractivity contribution in [2.24, 2.45) is 5.73 Å². The number of para-hydroxylation sites is 1. The average molecular weight is 341 g/mol. The van der Waals surface area contributed by atoms with E-state index in [4.69, 9.17) is 10.5 Å². The number of ether oxygens (including phenoxy) is 1. The monoisotopic (exact) mass is 340 g/mol. The van der Waals surface area contributed by atoms with Crippen LogP contribution in [-0.2, 0) is 6.54 Å². The minimum absolute atomic E-state index is 0.0445. The van der Waals surface area contributed by atoms with Crippen LogP contribution in [0.4, 0.5) is 10.1 Å². The van der Waals surface area contributed by atoms with E-state index in [9.17, 15) is 14.5 Å². The van der Waals surface area contributed by atoms with Crippen LogP contribution in [0.5, 0.6) is 11.5 Å². The number of rotatable bonds is 4. The number of nitrogens with zero attached hydrogens (tertiary/aromatic N) is 1. The first kappa shape index (κ1) is 14.4. The molecule has 7 heteroatoms. The molecular weight excluding hydrogens is 331 g/mol. The largest absolute Gasteiger partial charge is 0.446 e. The topological polar surface area (TPSA) is 78.4 Å². The Hall–Kier alpha value is -1.99. The van der Waals surface area contributed by atoms with Crippen LogP contribution in [0.25, 0.3) is 0 Å². The Bertz CT molecular complexity index is 664. The van der Waals surface area contributed by atoms with E-state index in [0.717, 1.165) is 0 Å².